The van der Waals surface area contributed by atoms with Crippen molar-refractivity contribution in [1.29, 1.82) is 0 Å². The molecule has 0 fully saturated rings. The number of benzene rings is 2. The van der Waals surface area contributed by atoms with E-state index in [0.717, 1.165) is 12.8 Å². The van der Waals surface area contributed by atoms with Crippen molar-refractivity contribution in [1.82, 2.24) is 0 Å². The van der Waals surface area contributed by atoms with Crippen molar-refractivity contribution in [2.75, 3.05) is 11.9 Å². The molecule has 0 unspecified atom stereocenters. The van der Waals surface area contributed by atoms with Gasteiger partial charge >= 0.3 is 0 Å². The van der Waals surface area contributed by atoms with Gasteiger partial charge in [0, 0.05) is 18.4 Å². The van der Waals surface area contributed by atoms with Gasteiger partial charge in [-0.15, -0.1) is 0 Å². The largest absolute Gasteiger partial charge is 0.344 e. The van der Waals surface area contributed by atoms with Gasteiger partial charge in [-0.25, -0.2) is 0 Å². The zero-order chi connectivity index (χ0) is 11.8. The maximum Gasteiger partial charge on any atom is 0.0443 e. The lowest BCUT2D eigenvalue weighted by atomic mass is 10.0. The van der Waals surface area contributed by atoms with E-state index in [-0.39, 0.29) is 0 Å². The van der Waals surface area contributed by atoms with Crippen LogP contribution in [0.5, 0.6) is 0 Å². The van der Waals surface area contributed by atoms with Crippen LogP contribution >= 0.6 is 0 Å². The monoisotopic (exact) mass is 223 g/mol. The fourth-order valence-corrected chi connectivity index (χ4v) is 2.65. The van der Waals surface area contributed by atoms with Gasteiger partial charge in [0.1, 0.15) is 0 Å². The third-order valence-electron chi connectivity index (χ3n) is 3.62. The molecule has 2 aromatic carbocycles. The van der Waals surface area contributed by atoms with E-state index in [1.807, 2.05) is 0 Å². The topological polar surface area (TPSA) is 3.24 Å². The number of nitrogens with zero attached hydrogens (tertiary/aromatic N) is 1. The van der Waals surface area contributed by atoms with Crippen LogP contribution in [0.25, 0.3) is 0 Å². The average molecular weight is 223 g/mol. The molecule has 0 N–H and O–H groups in total. The van der Waals surface area contributed by atoms with E-state index in [2.05, 4.69) is 61.3 Å². The summed E-state index contributed by atoms with van der Waals surface area (Å²) in [5, 5.41) is 0. The summed E-state index contributed by atoms with van der Waals surface area (Å²) in [5.41, 5.74) is 6.93. The summed E-state index contributed by atoms with van der Waals surface area (Å²) in [5.74, 6) is 0. The summed E-state index contributed by atoms with van der Waals surface area (Å²) in [6.45, 7) is 2.16. The minimum atomic E-state index is 1.14. The number of aryl methyl sites for hydroxylation is 3. The van der Waals surface area contributed by atoms with Gasteiger partial charge in [0.15, 0.2) is 0 Å². The van der Waals surface area contributed by atoms with Crippen molar-refractivity contribution >= 4 is 11.4 Å². The molecular formula is C16H17N. The first kappa shape index (κ1) is 10.4. The quantitative estimate of drug-likeness (QED) is 0.655. The lowest BCUT2D eigenvalue weighted by molar-refractivity contribution is 0.977. The first-order chi connectivity index (χ1) is 8.25. The molecule has 17 heavy (non-hydrogen) atoms. The Morgan fingerprint density at radius 1 is 0.882 bits per heavy atom. The molecular weight excluding hydrogens is 206 g/mol. The summed E-state index contributed by atoms with van der Waals surface area (Å²) in [4.78, 5) is 2.32. The van der Waals surface area contributed by atoms with Crippen molar-refractivity contribution in [3.8, 4) is 0 Å². The molecule has 1 heteroatoms. The van der Waals surface area contributed by atoms with Crippen LogP contribution in [0, 0.1) is 6.92 Å². The second-order valence-electron chi connectivity index (χ2n) is 4.82. The number of hydrogen-bond donors (Lipinski definition) is 0. The van der Waals surface area contributed by atoms with Gasteiger partial charge in [0.25, 0.3) is 0 Å². The Morgan fingerprint density at radius 2 is 1.59 bits per heavy atom. The maximum atomic E-state index is 2.32. The van der Waals surface area contributed by atoms with Gasteiger partial charge in [0.2, 0.25) is 0 Å². The van der Waals surface area contributed by atoms with Crippen molar-refractivity contribution in [2.24, 2.45) is 0 Å². The van der Waals surface area contributed by atoms with Crippen molar-refractivity contribution in [2.45, 2.75) is 19.8 Å². The van der Waals surface area contributed by atoms with E-state index in [1.54, 1.807) is 0 Å². The normalized spacial score (nSPS) is 13.9. The summed E-state index contributed by atoms with van der Waals surface area (Å²) >= 11 is 0. The molecule has 0 radical (unpaired) electrons. The number of para-hydroxylation sites is 1. The van der Waals surface area contributed by atoms with Crippen LogP contribution in [0.15, 0.2) is 42.5 Å². The second-order valence-corrected chi connectivity index (χ2v) is 4.82. The number of anilines is 2. The summed E-state index contributed by atoms with van der Waals surface area (Å²) < 4.78 is 0. The van der Waals surface area contributed by atoms with Gasteiger partial charge in [0.05, 0.1) is 0 Å². The van der Waals surface area contributed by atoms with Gasteiger partial charge in [-0.3, -0.25) is 0 Å². The highest BCUT2D eigenvalue weighted by Gasteiger charge is 2.16. The predicted octanol–water partition coefficient (Wildman–Crippen LogP) is 3.86. The van der Waals surface area contributed by atoms with E-state index in [0.29, 0.717) is 0 Å². The van der Waals surface area contributed by atoms with E-state index >= 15 is 0 Å². The molecule has 0 aliphatic carbocycles. The molecule has 0 saturated carbocycles. The van der Waals surface area contributed by atoms with Crippen LogP contribution in [-0.2, 0) is 12.8 Å². The second kappa shape index (κ2) is 3.92. The summed E-state index contributed by atoms with van der Waals surface area (Å²) in [7, 11) is 2.17. The zero-order valence-electron chi connectivity index (χ0n) is 10.4. The highest BCUT2D eigenvalue weighted by Crippen LogP contribution is 2.34. The molecule has 0 bridgehead atoms. The van der Waals surface area contributed by atoms with Gasteiger partial charge in [-0.1, -0.05) is 30.3 Å². The average Bonchev–Trinajstić information content (AvgIpc) is 2.49. The Kier molecular flexibility index (Phi) is 2.40. The summed E-state index contributed by atoms with van der Waals surface area (Å²) in [6, 6.07) is 15.5. The molecule has 1 aliphatic rings. The standard InChI is InChI=1S/C16H17N/c1-12-7-8-14-10-9-13-5-3-4-6-15(13)17(2)16(14)11-12/h3-8,11H,9-10H2,1-2H3. The highest BCUT2D eigenvalue weighted by atomic mass is 15.1. The molecule has 1 heterocycles. The van der Waals surface area contributed by atoms with Crippen LogP contribution in [0.3, 0.4) is 0 Å². The van der Waals surface area contributed by atoms with Crippen molar-refractivity contribution in [3.63, 3.8) is 0 Å². The van der Waals surface area contributed by atoms with E-state index in [1.165, 1.54) is 28.1 Å². The Labute approximate surface area is 103 Å². The van der Waals surface area contributed by atoms with Gasteiger partial charge < -0.3 is 4.90 Å². The first-order valence-electron chi connectivity index (χ1n) is 6.17. The van der Waals surface area contributed by atoms with E-state index in [4.69, 9.17) is 0 Å². The number of hydrogen-bond acceptors (Lipinski definition) is 1. The Balaban J connectivity index is 2.18. The third-order valence-corrected chi connectivity index (χ3v) is 3.62. The van der Waals surface area contributed by atoms with Crippen LogP contribution in [-0.4, -0.2) is 7.05 Å². The van der Waals surface area contributed by atoms with Gasteiger partial charge in [-0.2, -0.15) is 0 Å². The molecule has 3 rings (SSSR count). The molecule has 1 nitrogen and oxygen atoms in total. The van der Waals surface area contributed by atoms with E-state index < -0.39 is 0 Å². The molecule has 2 aromatic rings. The SMILES string of the molecule is Cc1ccc2c(c1)N(C)c1ccccc1CC2. The van der Waals surface area contributed by atoms with Crippen LogP contribution in [0.4, 0.5) is 11.4 Å². The van der Waals surface area contributed by atoms with Crippen molar-refractivity contribution < 1.29 is 0 Å². The molecule has 0 saturated heterocycles. The number of rotatable bonds is 0. The molecule has 0 spiro atoms. The van der Waals surface area contributed by atoms with Crippen LogP contribution in [0.1, 0.15) is 16.7 Å². The Morgan fingerprint density at radius 3 is 2.41 bits per heavy atom. The van der Waals surface area contributed by atoms with E-state index in [9.17, 15) is 0 Å². The highest BCUT2D eigenvalue weighted by molar-refractivity contribution is 5.70. The van der Waals surface area contributed by atoms with Crippen LogP contribution in [0.2, 0.25) is 0 Å². The molecule has 0 amide bonds. The number of fused-ring (bicyclic) bond motifs is 2. The molecule has 1 aliphatic heterocycles. The van der Waals surface area contributed by atoms with Gasteiger partial charge in [-0.05, 0) is 48.6 Å². The lowest BCUT2D eigenvalue weighted by Gasteiger charge is -2.22. The Hall–Kier alpha value is -1.76. The molecule has 86 valence electrons. The fourth-order valence-electron chi connectivity index (χ4n) is 2.65. The molecule has 0 atom stereocenters. The Bertz CT molecular complexity index is 557. The smallest absolute Gasteiger partial charge is 0.0443 e. The van der Waals surface area contributed by atoms with Crippen molar-refractivity contribution in [3.05, 3.63) is 59.2 Å². The van der Waals surface area contributed by atoms with Crippen LogP contribution < -0.4 is 4.90 Å². The maximum absolute atomic E-state index is 2.32. The predicted molar refractivity (Wildman–Crippen MR) is 73.1 cm³/mol. The molecule has 0 aromatic heterocycles. The third kappa shape index (κ3) is 1.72. The zero-order valence-corrected chi connectivity index (χ0v) is 10.4. The minimum Gasteiger partial charge on any atom is -0.344 e. The lowest BCUT2D eigenvalue weighted by Crippen LogP contribution is -2.11. The first-order valence-corrected chi connectivity index (χ1v) is 6.17. The summed E-state index contributed by atoms with van der Waals surface area (Å²) in [6.07, 6.45) is 2.27. The fraction of sp³-hybridized carbons (Fsp3) is 0.250. The minimum absolute atomic E-state index is 1.14.